The van der Waals surface area contributed by atoms with Crippen LogP contribution in [0.4, 0.5) is 5.69 Å². The molecule has 0 atom stereocenters. The minimum atomic E-state index is -0.543. The molecule has 4 aromatic carbocycles. The molecule has 38 heavy (non-hydrogen) atoms. The fraction of sp³-hybridized carbons (Fsp3) is 0. The molecule has 0 aliphatic heterocycles. The van der Waals surface area contributed by atoms with Crippen molar-refractivity contribution >= 4 is 44.7 Å². The maximum atomic E-state index is 13.4. The molecule has 0 aliphatic carbocycles. The smallest absolute Gasteiger partial charge is 0.343 e. The van der Waals surface area contributed by atoms with Crippen molar-refractivity contribution < 1.29 is 14.5 Å². The maximum absolute atomic E-state index is 13.4. The van der Waals surface area contributed by atoms with E-state index in [1.807, 2.05) is 0 Å². The Balaban J connectivity index is 1.60. The average molecular weight is 569 g/mol. The lowest BCUT2D eigenvalue weighted by Gasteiger charge is -2.11. The van der Waals surface area contributed by atoms with Crippen LogP contribution in [0.3, 0.4) is 0 Å². The zero-order chi connectivity index (χ0) is 26.6. The van der Waals surface area contributed by atoms with E-state index < -0.39 is 16.5 Å². The fourth-order valence-electron chi connectivity index (χ4n) is 3.72. The highest BCUT2D eigenvalue weighted by molar-refractivity contribution is 9.10. The van der Waals surface area contributed by atoms with Gasteiger partial charge >= 0.3 is 5.97 Å². The van der Waals surface area contributed by atoms with E-state index in [-0.39, 0.29) is 17.3 Å². The SMILES string of the molecule is O=C(Oc1ccc(Br)cc1C=Nn1c(-c2ccc([N+](=O)[O-])cc2)nc2ccccc2c1=O)c1ccccc1. The first-order valence-corrected chi connectivity index (χ1v) is 12.1. The van der Waals surface area contributed by atoms with Gasteiger partial charge in [0.1, 0.15) is 5.75 Å². The average Bonchev–Trinajstić information content (AvgIpc) is 2.94. The second-order valence-corrected chi connectivity index (χ2v) is 8.97. The highest BCUT2D eigenvalue weighted by Gasteiger charge is 2.15. The third-order valence-corrected chi connectivity index (χ3v) is 6.08. The minimum absolute atomic E-state index is 0.0917. The number of halogens is 1. The number of aromatic nitrogens is 2. The van der Waals surface area contributed by atoms with Gasteiger partial charge in [0.15, 0.2) is 5.82 Å². The van der Waals surface area contributed by atoms with E-state index in [1.54, 1.807) is 72.8 Å². The Kier molecular flexibility index (Phi) is 6.88. The molecule has 0 aliphatic rings. The summed E-state index contributed by atoms with van der Waals surface area (Å²) >= 11 is 3.41. The largest absolute Gasteiger partial charge is 0.422 e. The number of hydrogen-bond acceptors (Lipinski definition) is 7. The predicted octanol–water partition coefficient (Wildman–Crippen LogP) is 5.84. The molecular formula is C28H17BrN4O5. The van der Waals surface area contributed by atoms with Crippen LogP contribution in [0.1, 0.15) is 15.9 Å². The van der Waals surface area contributed by atoms with Gasteiger partial charge in [0.25, 0.3) is 11.2 Å². The molecule has 0 saturated carbocycles. The summed E-state index contributed by atoms with van der Waals surface area (Å²) in [5.74, 6) is -0.110. The predicted molar refractivity (Wildman–Crippen MR) is 147 cm³/mol. The number of fused-ring (bicyclic) bond motifs is 1. The van der Waals surface area contributed by atoms with Crippen LogP contribution in [0.2, 0.25) is 0 Å². The van der Waals surface area contributed by atoms with Crippen LogP contribution in [-0.2, 0) is 0 Å². The standard InChI is InChI=1S/C28H17BrN4O5/c29-21-12-15-25(38-28(35)19-6-2-1-3-7-19)20(16-21)17-30-32-26(18-10-13-22(14-11-18)33(36)37)31-24-9-5-4-8-23(24)27(32)34/h1-17H. The molecule has 0 radical (unpaired) electrons. The Morgan fingerprint density at radius 2 is 1.68 bits per heavy atom. The van der Waals surface area contributed by atoms with Crippen molar-refractivity contribution in [1.29, 1.82) is 0 Å². The highest BCUT2D eigenvalue weighted by atomic mass is 79.9. The number of ether oxygens (including phenoxy) is 1. The first-order chi connectivity index (χ1) is 18.4. The van der Waals surface area contributed by atoms with E-state index in [4.69, 9.17) is 4.74 Å². The van der Waals surface area contributed by atoms with E-state index in [0.29, 0.717) is 32.1 Å². The maximum Gasteiger partial charge on any atom is 0.343 e. The van der Waals surface area contributed by atoms with Crippen molar-refractivity contribution in [2.24, 2.45) is 5.10 Å². The van der Waals surface area contributed by atoms with Gasteiger partial charge in [-0.05, 0) is 54.6 Å². The zero-order valence-corrected chi connectivity index (χ0v) is 21.1. The van der Waals surface area contributed by atoms with Gasteiger partial charge in [0.05, 0.1) is 27.6 Å². The topological polar surface area (TPSA) is 117 Å². The quantitative estimate of drug-likeness (QED) is 0.0835. The van der Waals surface area contributed by atoms with Gasteiger partial charge in [-0.1, -0.05) is 46.3 Å². The molecule has 0 fully saturated rings. The van der Waals surface area contributed by atoms with E-state index in [2.05, 4.69) is 26.0 Å². The molecule has 5 rings (SSSR count). The van der Waals surface area contributed by atoms with Crippen LogP contribution in [0.15, 0.2) is 111 Å². The molecule has 9 nitrogen and oxygen atoms in total. The molecule has 5 aromatic rings. The number of para-hydroxylation sites is 1. The van der Waals surface area contributed by atoms with Gasteiger partial charge in [0, 0.05) is 27.7 Å². The first kappa shape index (κ1) is 24.7. The lowest BCUT2D eigenvalue weighted by atomic mass is 10.1. The van der Waals surface area contributed by atoms with Crippen LogP contribution >= 0.6 is 15.9 Å². The monoisotopic (exact) mass is 568 g/mol. The van der Waals surface area contributed by atoms with Crippen molar-refractivity contribution in [3.63, 3.8) is 0 Å². The third kappa shape index (κ3) is 5.11. The van der Waals surface area contributed by atoms with Crippen LogP contribution in [0, 0.1) is 10.1 Å². The summed E-state index contributed by atoms with van der Waals surface area (Å²) in [6.45, 7) is 0. The van der Waals surface area contributed by atoms with Gasteiger partial charge in [-0.3, -0.25) is 14.9 Å². The number of hydrogen-bond donors (Lipinski definition) is 0. The fourth-order valence-corrected chi connectivity index (χ4v) is 4.09. The summed E-state index contributed by atoms with van der Waals surface area (Å²) in [5.41, 5.74) is 1.20. The number of rotatable bonds is 6. The Morgan fingerprint density at radius 3 is 2.42 bits per heavy atom. The second-order valence-electron chi connectivity index (χ2n) is 8.06. The van der Waals surface area contributed by atoms with Crippen LogP contribution in [0.25, 0.3) is 22.3 Å². The highest BCUT2D eigenvalue weighted by Crippen LogP contribution is 2.25. The van der Waals surface area contributed by atoms with Crippen molar-refractivity contribution in [2.75, 3.05) is 0 Å². The summed E-state index contributed by atoms with van der Waals surface area (Å²) < 4.78 is 7.43. The van der Waals surface area contributed by atoms with E-state index in [1.165, 1.54) is 30.5 Å². The van der Waals surface area contributed by atoms with E-state index in [9.17, 15) is 19.7 Å². The van der Waals surface area contributed by atoms with Gasteiger partial charge < -0.3 is 4.74 Å². The molecule has 10 heteroatoms. The molecule has 0 N–H and O–H groups in total. The molecule has 1 aromatic heterocycles. The number of carbonyl (C=O) groups is 1. The van der Waals surface area contributed by atoms with Gasteiger partial charge in [-0.2, -0.15) is 9.78 Å². The van der Waals surface area contributed by atoms with Crippen molar-refractivity contribution in [3.05, 3.63) is 133 Å². The van der Waals surface area contributed by atoms with Crippen LogP contribution < -0.4 is 10.3 Å². The van der Waals surface area contributed by atoms with Crippen LogP contribution in [-0.4, -0.2) is 26.8 Å². The number of benzene rings is 4. The summed E-state index contributed by atoms with van der Waals surface area (Å²) in [6.07, 6.45) is 1.39. The molecule has 0 saturated heterocycles. The van der Waals surface area contributed by atoms with Gasteiger partial charge in [0.2, 0.25) is 0 Å². The van der Waals surface area contributed by atoms with E-state index >= 15 is 0 Å². The third-order valence-electron chi connectivity index (χ3n) is 5.59. The van der Waals surface area contributed by atoms with Gasteiger partial charge in [-0.15, -0.1) is 0 Å². The lowest BCUT2D eigenvalue weighted by molar-refractivity contribution is -0.384. The van der Waals surface area contributed by atoms with Crippen molar-refractivity contribution in [3.8, 4) is 17.1 Å². The lowest BCUT2D eigenvalue weighted by Crippen LogP contribution is -2.20. The Hall–Kier alpha value is -4.96. The Bertz CT molecular complexity index is 1770. The first-order valence-electron chi connectivity index (χ1n) is 11.3. The molecule has 0 amide bonds. The van der Waals surface area contributed by atoms with Crippen LogP contribution in [0.5, 0.6) is 5.75 Å². The summed E-state index contributed by atoms with van der Waals surface area (Å²) in [5, 5.41) is 15.9. The van der Waals surface area contributed by atoms with Crippen molar-refractivity contribution in [1.82, 2.24) is 9.66 Å². The minimum Gasteiger partial charge on any atom is -0.422 e. The normalized spacial score (nSPS) is 11.1. The summed E-state index contributed by atoms with van der Waals surface area (Å²) in [6, 6.07) is 26.1. The molecule has 0 bridgehead atoms. The number of nitrogens with zero attached hydrogens (tertiary/aromatic N) is 4. The second kappa shape index (κ2) is 10.6. The molecule has 186 valence electrons. The zero-order valence-electron chi connectivity index (χ0n) is 19.5. The molecule has 0 unspecified atom stereocenters. The van der Waals surface area contributed by atoms with E-state index in [0.717, 1.165) is 4.68 Å². The number of esters is 1. The van der Waals surface area contributed by atoms with Crippen molar-refractivity contribution in [2.45, 2.75) is 0 Å². The molecular weight excluding hydrogens is 552 g/mol. The summed E-state index contributed by atoms with van der Waals surface area (Å²) in [4.78, 5) is 41.3. The Labute approximate surface area is 223 Å². The number of carbonyl (C=O) groups excluding carboxylic acids is 1. The molecule has 1 heterocycles. The Morgan fingerprint density at radius 1 is 0.974 bits per heavy atom. The van der Waals surface area contributed by atoms with Gasteiger partial charge in [-0.25, -0.2) is 9.78 Å². The number of nitro benzene ring substituents is 1. The summed E-state index contributed by atoms with van der Waals surface area (Å²) in [7, 11) is 0. The number of nitro groups is 1. The number of non-ortho nitro benzene ring substituents is 1. The molecule has 0 spiro atoms.